The Hall–Kier alpha value is -0.260. The molecule has 0 bridgehead atoms. The smallest absolute Gasteiger partial charge is 0.0351 e. The highest BCUT2D eigenvalue weighted by atomic mass is 14.0. The third kappa shape index (κ3) is 27.7. The standard InChI is InChI=1S/C30H59/c1-3-5-7-9-11-13-15-17-19-21-23-25-27-29-30-28-26-24-22-20-18-16-14-12-10-8-6-4-2/h14,16H,1,3-13,15,17-30H2,2H3/b16-14+. The third-order valence-corrected chi connectivity index (χ3v) is 6.51. The summed E-state index contributed by atoms with van der Waals surface area (Å²) >= 11 is 0. The van der Waals surface area contributed by atoms with Crippen LogP contribution in [0.15, 0.2) is 12.2 Å². The third-order valence-electron chi connectivity index (χ3n) is 6.51. The molecule has 0 aromatic carbocycles. The summed E-state index contributed by atoms with van der Waals surface area (Å²) in [5, 5.41) is 0. The average Bonchev–Trinajstić information content (AvgIpc) is 2.76. The molecule has 0 aromatic heterocycles. The van der Waals surface area contributed by atoms with Gasteiger partial charge < -0.3 is 0 Å². The maximum atomic E-state index is 3.92. The van der Waals surface area contributed by atoms with Crippen LogP contribution in [0, 0.1) is 6.92 Å². The monoisotopic (exact) mass is 419 g/mol. The fourth-order valence-electron chi connectivity index (χ4n) is 4.37. The van der Waals surface area contributed by atoms with Crippen LogP contribution in [0.4, 0.5) is 0 Å². The van der Waals surface area contributed by atoms with Crippen LogP contribution in [0.5, 0.6) is 0 Å². The fourth-order valence-corrected chi connectivity index (χ4v) is 4.37. The molecule has 0 aliphatic carbocycles. The van der Waals surface area contributed by atoms with E-state index in [9.17, 15) is 0 Å². The molecule has 0 spiro atoms. The molecule has 0 aliphatic rings. The van der Waals surface area contributed by atoms with Gasteiger partial charge in [0.25, 0.3) is 0 Å². The Labute approximate surface area is 193 Å². The zero-order valence-corrected chi connectivity index (χ0v) is 21.2. The highest BCUT2D eigenvalue weighted by Gasteiger charge is 1.95. The second kappa shape index (κ2) is 28.7. The second-order valence-corrected chi connectivity index (χ2v) is 9.68. The van der Waals surface area contributed by atoms with Gasteiger partial charge in [-0.05, 0) is 25.7 Å². The lowest BCUT2D eigenvalue weighted by Crippen LogP contribution is -1.84. The summed E-state index contributed by atoms with van der Waals surface area (Å²) in [6.07, 6.45) is 41.8. The van der Waals surface area contributed by atoms with E-state index in [0.717, 1.165) is 6.42 Å². The Kier molecular flexibility index (Phi) is 28.5. The Morgan fingerprint density at radius 2 is 0.633 bits per heavy atom. The summed E-state index contributed by atoms with van der Waals surface area (Å²) < 4.78 is 0. The molecule has 0 amide bonds. The first-order valence-electron chi connectivity index (χ1n) is 14.4. The molecule has 0 rings (SSSR count). The first kappa shape index (κ1) is 29.7. The zero-order valence-electron chi connectivity index (χ0n) is 21.2. The maximum Gasteiger partial charge on any atom is -0.0351 e. The van der Waals surface area contributed by atoms with Gasteiger partial charge in [-0.2, -0.15) is 0 Å². The molecule has 0 nitrogen and oxygen atoms in total. The van der Waals surface area contributed by atoms with E-state index in [0.29, 0.717) is 0 Å². The van der Waals surface area contributed by atoms with Crippen molar-refractivity contribution in [2.75, 3.05) is 0 Å². The normalized spacial score (nSPS) is 11.7. The fraction of sp³-hybridized carbons (Fsp3) is 0.900. The van der Waals surface area contributed by atoms with Crippen molar-refractivity contribution in [3.05, 3.63) is 19.1 Å². The van der Waals surface area contributed by atoms with Crippen molar-refractivity contribution in [1.29, 1.82) is 0 Å². The van der Waals surface area contributed by atoms with Crippen molar-refractivity contribution in [2.24, 2.45) is 0 Å². The van der Waals surface area contributed by atoms with Crippen LogP contribution in [-0.2, 0) is 0 Å². The summed E-state index contributed by atoms with van der Waals surface area (Å²) in [5.41, 5.74) is 0. The van der Waals surface area contributed by atoms with Gasteiger partial charge in [0.2, 0.25) is 0 Å². The minimum Gasteiger partial charge on any atom is -0.0885 e. The number of hydrogen-bond acceptors (Lipinski definition) is 0. The summed E-state index contributed by atoms with van der Waals surface area (Å²) in [4.78, 5) is 0. The van der Waals surface area contributed by atoms with E-state index >= 15 is 0 Å². The van der Waals surface area contributed by atoms with E-state index < -0.39 is 0 Å². The quantitative estimate of drug-likeness (QED) is 0.0965. The molecule has 0 saturated carbocycles. The summed E-state index contributed by atoms with van der Waals surface area (Å²) in [7, 11) is 0. The van der Waals surface area contributed by atoms with Gasteiger partial charge in [0, 0.05) is 0 Å². The Morgan fingerprint density at radius 1 is 0.367 bits per heavy atom. The zero-order chi connectivity index (χ0) is 21.8. The van der Waals surface area contributed by atoms with Crippen LogP contribution < -0.4 is 0 Å². The van der Waals surface area contributed by atoms with Crippen LogP contribution >= 0.6 is 0 Å². The van der Waals surface area contributed by atoms with Gasteiger partial charge >= 0.3 is 0 Å². The maximum absolute atomic E-state index is 3.92. The van der Waals surface area contributed by atoms with Crippen molar-refractivity contribution in [3.63, 3.8) is 0 Å². The predicted octanol–water partition coefficient (Wildman–Crippen LogP) is 11.5. The summed E-state index contributed by atoms with van der Waals surface area (Å²) in [6, 6.07) is 0. The molecule has 0 atom stereocenters. The van der Waals surface area contributed by atoms with E-state index in [1.807, 2.05) is 0 Å². The molecule has 0 saturated heterocycles. The number of hydrogen-bond donors (Lipinski definition) is 0. The number of allylic oxidation sites excluding steroid dienone is 2. The molecule has 0 aliphatic heterocycles. The van der Waals surface area contributed by atoms with Gasteiger partial charge in [-0.25, -0.2) is 0 Å². The van der Waals surface area contributed by atoms with Gasteiger partial charge in [-0.1, -0.05) is 167 Å². The van der Waals surface area contributed by atoms with E-state index in [4.69, 9.17) is 0 Å². The number of unbranched alkanes of at least 4 members (excludes halogenated alkanes) is 24. The molecule has 1 radical (unpaired) electrons. The molecular formula is C30H59. The van der Waals surface area contributed by atoms with Crippen molar-refractivity contribution < 1.29 is 0 Å². The van der Waals surface area contributed by atoms with E-state index in [1.165, 1.54) is 161 Å². The van der Waals surface area contributed by atoms with Crippen LogP contribution in [0.3, 0.4) is 0 Å². The van der Waals surface area contributed by atoms with Gasteiger partial charge in [0.05, 0.1) is 0 Å². The Morgan fingerprint density at radius 3 is 0.933 bits per heavy atom. The van der Waals surface area contributed by atoms with E-state index in [-0.39, 0.29) is 0 Å². The van der Waals surface area contributed by atoms with Crippen LogP contribution in [0.2, 0.25) is 0 Å². The molecule has 0 unspecified atom stereocenters. The Bertz CT molecular complexity index is 303. The molecule has 0 aromatic rings. The lowest BCUT2D eigenvalue weighted by Gasteiger charge is -2.04. The molecule has 0 fully saturated rings. The van der Waals surface area contributed by atoms with Gasteiger partial charge in [0.15, 0.2) is 0 Å². The molecular weight excluding hydrogens is 360 g/mol. The molecule has 0 heteroatoms. The minimum absolute atomic E-state index is 1.12. The van der Waals surface area contributed by atoms with E-state index in [1.54, 1.807) is 0 Å². The van der Waals surface area contributed by atoms with E-state index in [2.05, 4.69) is 26.0 Å². The minimum atomic E-state index is 1.12. The summed E-state index contributed by atoms with van der Waals surface area (Å²) in [6.45, 7) is 6.20. The topological polar surface area (TPSA) is 0 Å². The summed E-state index contributed by atoms with van der Waals surface area (Å²) in [5.74, 6) is 0. The lowest BCUT2D eigenvalue weighted by molar-refractivity contribution is 0.522. The largest absolute Gasteiger partial charge is 0.0885 e. The van der Waals surface area contributed by atoms with Crippen LogP contribution in [0.1, 0.15) is 174 Å². The molecule has 179 valence electrons. The van der Waals surface area contributed by atoms with Crippen molar-refractivity contribution in [3.8, 4) is 0 Å². The van der Waals surface area contributed by atoms with Gasteiger partial charge in [0.1, 0.15) is 0 Å². The van der Waals surface area contributed by atoms with Gasteiger partial charge in [-0.15, -0.1) is 0 Å². The predicted molar refractivity (Wildman–Crippen MR) is 140 cm³/mol. The van der Waals surface area contributed by atoms with Crippen molar-refractivity contribution >= 4 is 0 Å². The van der Waals surface area contributed by atoms with Crippen molar-refractivity contribution in [1.82, 2.24) is 0 Å². The SMILES string of the molecule is [CH2]CCCCCCCCCCCCCCCCCCCCC/C=C/CCCCCC. The average molecular weight is 420 g/mol. The number of rotatable bonds is 26. The highest BCUT2D eigenvalue weighted by molar-refractivity contribution is 4.81. The second-order valence-electron chi connectivity index (χ2n) is 9.68. The lowest BCUT2D eigenvalue weighted by atomic mass is 10.0. The van der Waals surface area contributed by atoms with Crippen molar-refractivity contribution in [2.45, 2.75) is 174 Å². The first-order chi connectivity index (χ1) is 14.9. The molecule has 0 N–H and O–H groups in total. The molecule has 0 heterocycles. The molecule has 30 heavy (non-hydrogen) atoms. The Balaban J connectivity index is 3.02. The first-order valence-corrected chi connectivity index (χ1v) is 14.4. The van der Waals surface area contributed by atoms with Crippen LogP contribution in [-0.4, -0.2) is 0 Å². The van der Waals surface area contributed by atoms with Gasteiger partial charge in [-0.3, -0.25) is 0 Å². The highest BCUT2D eigenvalue weighted by Crippen LogP contribution is 2.15. The van der Waals surface area contributed by atoms with Crippen LogP contribution in [0.25, 0.3) is 0 Å².